The van der Waals surface area contributed by atoms with Crippen molar-refractivity contribution in [3.8, 4) is 0 Å². The Hall–Kier alpha value is -0.150. The molecule has 0 spiro atoms. The van der Waals surface area contributed by atoms with Crippen LogP contribution in [0.25, 0.3) is 0 Å². The minimum atomic E-state index is 0. The summed E-state index contributed by atoms with van der Waals surface area (Å²) in [5.41, 5.74) is 0. The van der Waals surface area contributed by atoms with E-state index < -0.39 is 0 Å². The van der Waals surface area contributed by atoms with Crippen molar-refractivity contribution in [2.45, 2.75) is 0 Å². The number of rotatable bonds is 0. The summed E-state index contributed by atoms with van der Waals surface area (Å²) in [5, 5.41) is 0. The molecule has 27 heavy (non-hydrogen) atoms. The molecule has 0 aliphatic heterocycles. The second-order valence-electron chi connectivity index (χ2n) is 0. The van der Waals surface area contributed by atoms with Crippen LogP contribution in [0.5, 0.6) is 0 Å². The summed E-state index contributed by atoms with van der Waals surface area (Å²) < 4.78 is 52.5. The Balaban J connectivity index is -0.00000000109. The molecule has 0 atom stereocenters. The van der Waals surface area contributed by atoms with Gasteiger partial charge in [0, 0.05) is 58.4 Å². The molecule has 0 heterocycles. The maximum atomic E-state index is 7.50. The Kier molecular flexibility index (Phi) is 10100000. The van der Waals surface area contributed by atoms with Gasteiger partial charge in [0.2, 0.25) is 0 Å². The minimum absolute atomic E-state index is 0. The molecule has 0 aliphatic carbocycles. The molecule has 15 N–H and O–H groups in total. The van der Waals surface area contributed by atoms with Crippen molar-refractivity contribution < 1.29 is 118 Å². The Morgan fingerprint density at radius 2 is 0.222 bits per heavy atom. The summed E-state index contributed by atoms with van der Waals surface area (Å²) >= 11 is 0. The smallest absolute Gasteiger partial charge is 0 e. The molecule has 15 heteroatoms. The third kappa shape index (κ3) is 655000. The Bertz CT molecular complexity index is 130. The van der Waals surface area contributed by atoms with E-state index in [-0.39, 0.29) is 123 Å². The van der Waals surface area contributed by atoms with Crippen molar-refractivity contribution in [2.75, 3.05) is 0 Å². The molecule has 0 aromatic carbocycles. The van der Waals surface area contributed by atoms with Gasteiger partial charge < -0.3 is 64.5 Å². The fourth-order valence-electron chi connectivity index (χ4n) is 0. The Labute approximate surface area is 201 Å². The molecule has 0 rings (SSSR count). The molecular weight excluding hydrogens is 639 g/mol. The van der Waals surface area contributed by atoms with Crippen LogP contribution in [0.15, 0.2) is 0 Å². The zero-order valence-electron chi connectivity index (χ0n) is 15.3. The normalized spacial score (nSPS) is 0.519. The maximum Gasteiger partial charge on any atom is 0 e. The fourth-order valence-corrected chi connectivity index (χ4v) is 0. The number of hydrogen-bond acceptors (Lipinski definition) is 0. The molecule has 0 aliphatic rings. The zero-order chi connectivity index (χ0) is 14.0. The van der Waals surface area contributed by atoms with Crippen LogP contribution in [0, 0.1) is 83.7 Å². The van der Waals surface area contributed by atoms with Crippen molar-refractivity contribution in [3.05, 3.63) is 83.7 Å². The van der Waals surface area contributed by atoms with Gasteiger partial charge in [-0.25, -0.2) is 0 Å². The predicted octanol–water partition coefficient (Wildman–Crippen LogP) is -2.63. The van der Waals surface area contributed by atoms with Gasteiger partial charge in [0.25, 0.3) is 0 Å². The Morgan fingerprint density at radius 1 is 0.222 bits per heavy atom. The Morgan fingerprint density at radius 3 is 0.222 bits per heavy atom. The van der Waals surface area contributed by atoms with Crippen LogP contribution < -0.4 is 0 Å². The predicted molar refractivity (Wildman–Crippen MR) is 83.9 cm³/mol. The van der Waals surface area contributed by atoms with E-state index in [1.54, 1.807) is 0 Å². The maximum absolute atomic E-state index is 7.50. The van der Waals surface area contributed by atoms with Gasteiger partial charge in [0.15, 0.2) is 0 Å². The minimum Gasteiger partial charge on any atom is -0.457 e. The third-order valence-electron chi connectivity index (χ3n) is 0. The van der Waals surface area contributed by atoms with Crippen molar-refractivity contribution in [3.63, 3.8) is 0 Å². The van der Waals surface area contributed by atoms with E-state index in [4.69, 9.17) is 32.6 Å². The molecule has 174 valence electrons. The first-order chi connectivity index (χ1) is 7.00. The fraction of sp³-hybridized carbons (Fsp3) is 0. The van der Waals surface area contributed by atoms with E-state index in [9.17, 15) is 0 Å². The molecule has 0 fully saturated rings. The standard InChI is InChI=1S/7CO.5CH3.5H2O.3Ru/c7*1-2;;;;;;;;;;;;;/h;;;;;;;5*1H3;5*1H2;;;/q;;;;;;;5*-1;;;;;;;;/p+5. The summed E-state index contributed by atoms with van der Waals surface area (Å²) in [6, 6.07) is 0. The largest absolute Gasteiger partial charge is 0.457 e. The number of hydrogen-bond donors (Lipinski definition) is 0. The van der Waals surface area contributed by atoms with Crippen LogP contribution >= 0.6 is 0 Å². The first-order valence-corrected chi connectivity index (χ1v) is 1.43. The topological polar surface area (TPSA) is 304 Å². The molecule has 0 unspecified atom stereocenters. The van der Waals surface area contributed by atoms with E-state index in [1.807, 2.05) is 0 Å². The van der Waals surface area contributed by atoms with Crippen molar-refractivity contribution in [2.24, 2.45) is 0 Å². The van der Waals surface area contributed by atoms with Crippen LogP contribution in [0.1, 0.15) is 0 Å². The van der Waals surface area contributed by atoms with Gasteiger partial charge in [-0.1, -0.05) is 0 Å². The van der Waals surface area contributed by atoms with Gasteiger partial charge in [-0.3, -0.25) is 0 Å². The summed E-state index contributed by atoms with van der Waals surface area (Å²) in [6.45, 7) is 31.5. The van der Waals surface area contributed by atoms with Crippen molar-refractivity contribution in [1.82, 2.24) is 0 Å². The van der Waals surface area contributed by atoms with Crippen LogP contribution in [0.3, 0.4) is 0 Å². The molecule has 0 radical (unpaired) electrons. The molecule has 0 aromatic rings. The molecule has 12 nitrogen and oxygen atoms in total. The monoisotopic (exact) mass is 672 g/mol. The molecule has 0 amide bonds. The summed E-state index contributed by atoms with van der Waals surface area (Å²) in [7, 11) is 0. The van der Waals surface area contributed by atoms with E-state index >= 15 is 0 Å². The van der Waals surface area contributed by atoms with Crippen LogP contribution in [-0.4, -0.2) is 0 Å². The van der Waals surface area contributed by atoms with E-state index in [0.717, 1.165) is 0 Å². The van der Waals surface area contributed by atoms with Gasteiger partial charge >= 0.3 is 79.1 Å². The second-order valence-corrected chi connectivity index (χ2v) is 0. The SMILES string of the molecule is [C-]#[O+].[C-]#[O+].[C-]#[O+].[C-]#[O+].[C-]#[O+].[C-]#[O+].[C-]#[O+].[CH3-].[CH3-].[CH3-].[CH3-].[CH3-].[OH3+].[OH3+].[OH3+].[OH3+].[OH3+].[Ru].[Ru].[Ru]. The van der Waals surface area contributed by atoms with Gasteiger partial charge in [-0.2, -0.15) is 0 Å². The molecule has 0 saturated heterocycles. The van der Waals surface area contributed by atoms with E-state index in [0.29, 0.717) is 0 Å². The molecule has 0 saturated carbocycles. The van der Waals surface area contributed by atoms with Crippen LogP contribution in [0.4, 0.5) is 0 Å². The van der Waals surface area contributed by atoms with Gasteiger partial charge in [-0.05, 0) is 0 Å². The van der Waals surface area contributed by atoms with Crippen molar-refractivity contribution >= 4 is 0 Å². The third-order valence-corrected chi connectivity index (χ3v) is 0. The van der Waals surface area contributed by atoms with Crippen molar-refractivity contribution in [1.29, 1.82) is 0 Å². The van der Waals surface area contributed by atoms with E-state index in [2.05, 4.69) is 46.6 Å². The summed E-state index contributed by atoms with van der Waals surface area (Å²) in [4.78, 5) is 0. The molecule has 0 aromatic heterocycles. The van der Waals surface area contributed by atoms with Crippen LogP contribution in [-0.2, 0) is 118 Å². The second kappa shape index (κ2) is 711000. The summed E-state index contributed by atoms with van der Waals surface area (Å²) in [6.07, 6.45) is 0. The average molecular weight is 670 g/mol. The first-order valence-electron chi connectivity index (χ1n) is 1.43. The quantitative estimate of drug-likeness (QED) is 0.145. The molecule has 0 bridgehead atoms. The summed E-state index contributed by atoms with van der Waals surface area (Å²) in [5.74, 6) is 0. The molecular formula is C12H30O12Ru3. The van der Waals surface area contributed by atoms with Gasteiger partial charge in [0.05, 0.1) is 0 Å². The average Bonchev–Trinajstić information content (AvgIpc) is 2.45. The van der Waals surface area contributed by atoms with Gasteiger partial charge in [0.1, 0.15) is 0 Å². The van der Waals surface area contributed by atoms with E-state index in [1.165, 1.54) is 0 Å². The first kappa shape index (κ1) is 382. The zero-order valence-corrected chi connectivity index (χ0v) is 20.5. The van der Waals surface area contributed by atoms with Gasteiger partial charge in [-0.15, -0.1) is 0 Å². The van der Waals surface area contributed by atoms with Crippen LogP contribution in [0.2, 0.25) is 0 Å².